The number of rotatable bonds is 0. The van der Waals surface area contributed by atoms with Gasteiger partial charge in [0.15, 0.2) is 0 Å². The number of fused-ring (bicyclic) bond motifs is 1. The van der Waals surface area contributed by atoms with Crippen LogP contribution in [-0.4, -0.2) is 5.78 Å². The van der Waals surface area contributed by atoms with E-state index < -0.39 is 0 Å². The third kappa shape index (κ3) is 1.11. The minimum Gasteiger partial charge on any atom is -0.299 e. The number of hydrogen-bond donors (Lipinski definition) is 0. The van der Waals surface area contributed by atoms with Crippen LogP contribution < -0.4 is 0 Å². The van der Waals surface area contributed by atoms with Crippen molar-refractivity contribution in [3.8, 4) is 0 Å². The van der Waals surface area contributed by atoms with Gasteiger partial charge in [0.2, 0.25) is 0 Å². The summed E-state index contributed by atoms with van der Waals surface area (Å²) < 4.78 is 0. The molecule has 1 nitrogen and oxygen atoms in total. The SMILES string of the molecule is C[C@@H]1CCC[C@@H]2CCC(=O)[C@H]21. The van der Waals surface area contributed by atoms with Gasteiger partial charge in [0.1, 0.15) is 5.78 Å². The summed E-state index contributed by atoms with van der Waals surface area (Å²) in [5.41, 5.74) is 0. The van der Waals surface area contributed by atoms with E-state index in [-0.39, 0.29) is 0 Å². The quantitative estimate of drug-likeness (QED) is 0.521. The third-order valence-electron chi connectivity index (χ3n) is 3.49. The van der Waals surface area contributed by atoms with Crippen molar-refractivity contribution in [1.82, 2.24) is 0 Å². The Morgan fingerprint density at radius 3 is 2.82 bits per heavy atom. The summed E-state index contributed by atoms with van der Waals surface area (Å²) in [6.07, 6.45) is 6.02. The lowest BCUT2D eigenvalue weighted by atomic mass is 9.74. The van der Waals surface area contributed by atoms with Crippen molar-refractivity contribution in [1.29, 1.82) is 0 Å². The first-order chi connectivity index (χ1) is 5.29. The van der Waals surface area contributed by atoms with Crippen LogP contribution in [0.4, 0.5) is 0 Å². The minimum absolute atomic E-state index is 0.462. The first kappa shape index (κ1) is 7.33. The molecular weight excluding hydrogens is 136 g/mol. The summed E-state index contributed by atoms with van der Waals surface area (Å²) >= 11 is 0. The lowest BCUT2D eigenvalue weighted by Crippen LogP contribution is -2.26. The molecule has 2 saturated carbocycles. The van der Waals surface area contributed by atoms with Crippen molar-refractivity contribution in [2.75, 3.05) is 0 Å². The molecule has 2 rings (SSSR count). The van der Waals surface area contributed by atoms with Gasteiger partial charge in [0.25, 0.3) is 0 Å². The fraction of sp³-hybridized carbons (Fsp3) is 0.900. The second-order valence-corrected chi connectivity index (χ2v) is 4.20. The Morgan fingerprint density at radius 1 is 1.27 bits per heavy atom. The second kappa shape index (κ2) is 2.62. The topological polar surface area (TPSA) is 17.1 Å². The van der Waals surface area contributed by atoms with Gasteiger partial charge in [-0.25, -0.2) is 0 Å². The standard InChI is InChI=1S/C10H16O/c1-7-3-2-4-8-5-6-9(11)10(7)8/h7-8,10H,2-6H2,1H3/t7-,8-,10+/m1/s1. The van der Waals surface area contributed by atoms with Crippen molar-refractivity contribution in [3.05, 3.63) is 0 Å². The summed E-state index contributed by atoms with van der Waals surface area (Å²) in [6, 6.07) is 0. The van der Waals surface area contributed by atoms with E-state index in [9.17, 15) is 4.79 Å². The molecule has 2 aliphatic rings. The van der Waals surface area contributed by atoms with Gasteiger partial charge < -0.3 is 0 Å². The van der Waals surface area contributed by atoms with E-state index in [1.807, 2.05) is 0 Å². The monoisotopic (exact) mass is 152 g/mol. The van der Waals surface area contributed by atoms with Crippen molar-refractivity contribution in [2.24, 2.45) is 17.8 Å². The molecule has 0 aromatic heterocycles. The maximum atomic E-state index is 11.4. The highest BCUT2D eigenvalue weighted by atomic mass is 16.1. The molecule has 0 spiro atoms. The Morgan fingerprint density at radius 2 is 2.09 bits per heavy atom. The van der Waals surface area contributed by atoms with Crippen LogP contribution >= 0.6 is 0 Å². The summed E-state index contributed by atoms with van der Waals surface area (Å²) in [5.74, 6) is 2.47. The molecule has 0 radical (unpaired) electrons. The Balaban J connectivity index is 2.14. The van der Waals surface area contributed by atoms with Crippen LogP contribution in [0.1, 0.15) is 39.0 Å². The molecule has 0 aliphatic heterocycles. The molecule has 11 heavy (non-hydrogen) atoms. The molecule has 0 N–H and O–H groups in total. The lowest BCUT2D eigenvalue weighted by Gasteiger charge is -2.29. The van der Waals surface area contributed by atoms with Crippen LogP contribution in [0.25, 0.3) is 0 Å². The van der Waals surface area contributed by atoms with Gasteiger partial charge >= 0.3 is 0 Å². The van der Waals surface area contributed by atoms with Crippen LogP contribution in [0.3, 0.4) is 0 Å². The predicted molar refractivity (Wildman–Crippen MR) is 44.2 cm³/mol. The van der Waals surface area contributed by atoms with Gasteiger partial charge in [-0.1, -0.05) is 19.8 Å². The number of hydrogen-bond acceptors (Lipinski definition) is 1. The van der Waals surface area contributed by atoms with E-state index in [0.29, 0.717) is 17.6 Å². The molecule has 0 aromatic rings. The summed E-state index contributed by atoms with van der Waals surface area (Å²) in [6.45, 7) is 2.25. The highest BCUT2D eigenvalue weighted by Crippen LogP contribution is 2.42. The Labute approximate surface area is 68.2 Å². The zero-order chi connectivity index (χ0) is 7.84. The highest BCUT2D eigenvalue weighted by Gasteiger charge is 2.39. The van der Waals surface area contributed by atoms with Gasteiger partial charge in [0, 0.05) is 12.3 Å². The second-order valence-electron chi connectivity index (χ2n) is 4.20. The Bertz CT molecular complexity index is 174. The summed E-state index contributed by atoms with van der Waals surface area (Å²) in [4.78, 5) is 11.4. The molecule has 0 aromatic carbocycles. The highest BCUT2D eigenvalue weighted by molar-refractivity contribution is 5.83. The van der Waals surface area contributed by atoms with Crippen molar-refractivity contribution >= 4 is 5.78 Å². The molecule has 0 bridgehead atoms. The van der Waals surface area contributed by atoms with E-state index in [1.54, 1.807) is 0 Å². The smallest absolute Gasteiger partial charge is 0.136 e. The van der Waals surface area contributed by atoms with Crippen LogP contribution in [-0.2, 0) is 4.79 Å². The van der Waals surface area contributed by atoms with E-state index in [0.717, 1.165) is 12.3 Å². The van der Waals surface area contributed by atoms with Crippen molar-refractivity contribution < 1.29 is 4.79 Å². The molecule has 3 atom stereocenters. The van der Waals surface area contributed by atoms with Gasteiger partial charge in [-0.05, 0) is 24.7 Å². The molecule has 0 heterocycles. The molecular formula is C10H16O. The molecule has 62 valence electrons. The molecule has 2 aliphatic carbocycles. The summed E-state index contributed by atoms with van der Waals surface area (Å²) in [5, 5.41) is 0. The predicted octanol–water partition coefficient (Wildman–Crippen LogP) is 2.40. The fourth-order valence-corrected chi connectivity index (χ4v) is 2.92. The zero-order valence-corrected chi connectivity index (χ0v) is 7.18. The normalized spacial score (nSPS) is 44.1. The van der Waals surface area contributed by atoms with Crippen LogP contribution in [0.2, 0.25) is 0 Å². The maximum absolute atomic E-state index is 11.4. The van der Waals surface area contributed by atoms with Crippen LogP contribution in [0.5, 0.6) is 0 Å². The number of carbonyl (C=O) groups is 1. The molecule has 1 heteroatoms. The number of carbonyl (C=O) groups excluding carboxylic acids is 1. The van der Waals surface area contributed by atoms with E-state index in [2.05, 4.69) is 6.92 Å². The largest absolute Gasteiger partial charge is 0.299 e. The van der Waals surface area contributed by atoms with Gasteiger partial charge in [-0.3, -0.25) is 4.79 Å². The number of ketones is 1. The molecule has 2 fully saturated rings. The zero-order valence-electron chi connectivity index (χ0n) is 7.18. The van der Waals surface area contributed by atoms with E-state index >= 15 is 0 Å². The first-order valence-electron chi connectivity index (χ1n) is 4.82. The van der Waals surface area contributed by atoms with Crippen LogP contribution in [0, 0.1) is 17.8 Å². The maximum Gasteiger partial charge on any atom is 0.136 e. The fourth-order valence-electron chi connectivity index (χ4n) is 2.92. The third-order valence-corrected chi connectivity index (χ3v) is 3.49. The molecule has 0 saturated heterocycles. The average Bonchev–Trinajstić information content (AvgIpc) is 2.34. The van der Waals surface area contributed by atoms with Gasteiger partial charge in [0.05, 0.1) is 0 Å². The van der Waals surface area contributed by atoms with Gasteiger partial charge in [-0.2, -0.15) is 0 Å². The van der Waals surface area contributed by atoms with E-state index in [4.69, 9.17) is 0 Å². The Kier molecular flexibility index (Phi) is 1.74. The van der Waals surface area contributed by atoms with Crippen LogP contribution in [0.15, 0.2) is 0 Å². The van der Waals surface area contributed by atoms with Gasteiger partial charge in [-0.15, -0.1) is 0 Å². The van der Waals surface area contributed by atoms with Crippen molar-refractivity contribution in [2.45, 2.75) is 39.0 Å². The average molecular weight is 152 g/mol. The molecule has 0 amide bonds. The Hall–Kier alpha value is -0.330. The molecule has 0 unspecified atom stereocenters. The van der Waals surface area contributed by atoms with Crippen molar-refractivity contribution in [3.63, 3.8) is 0 Å². The lowest BCUT2D eigenvalue weighted by molar-refractivity contribution is -0.123. The number of Topliss-reactive ketones (excluding diaryl/α,β-unsaturated/α-hetero) is 1. The minimum atomic E-state index is 0.462. The summed E-state index contributed by atoms with van der Waals surface area (Å²) in [7, 11) is 0. The van der Waals surface area contributed by atoms with E-state index in [1.165, 1.54) is 25.7 Å². The first-order valence-corrected chi connectivity index (χ1v) is 4.82.